The Morgan fingerprint density at radius 3 is 2.84 bits per heavy atom. The Kier molecular flexibility index (Phi) is 4.30. The topological polar surface area (TPSA) is 68.6 Å². The first-order chi connectivity index (χ1) is 12.4. The summed E-state index contributed by atoms with van der Waals surface area (Å²) in [5.41, 5.74) is 2.35. The lowest BCUT2D eigenvalue weighted by atomic mass is 10.4. The Labute approximate surface area is 147 Å². The monoisotopic (exact) mass is 347 g/mol. The highest BCUT2D eigenvalue weighted by Crippen LogP contribution is 2.21. The minimum atomic E-state index is 0.714. The number of rotatable bonds is 4. The molecule has 4 rings (SSSR count). The van der Waals surface area contributed by atoms with Gasteiger partial charge in [-0.3, -0.25) is 9.97 Å². The van der Waals surface area contributed by atoms with E-state index in [1.165, 1.54) is 11.3 Å². The second-order valence-electron chi connectivity index (χ2n) is 5.01. The van der Waals surface area contributed by atoms with Crippen LogP contribution in [0.4, 0.5) is 5.69 Å². The fraction of sp³-hybridized carbons (Fsp3) is 0. The van der Waals surface area contributed by atoms with Crippen LogP contribution >= 0.6 is 11.3 Å². The minimum Gasteiger partial charge on any atom is -0.463 e. The van der Waals surface area contributed by atoms with Crippen molar-refractivity contribution in [2.45, 2.75) is 0 Å². The summed E-state index contributed by atoms with van der Waals surface area (Å²) < 4.78 is 7.26. The highest BCUT2D eigenvalue weighted by Gasteiger charge is 2.10. The van der Waals surface area contributed by atoms with Gasteiger partial charge in [-0.15, -0.1) is 11.3 Å². The van der Waals surface area contributed by atoms with E-state index in [9.17, 15) is 0 Å². The van der Waals surface area contributed by atoms with E-state index in [0.717, 1.165) is 22.8 Å². The van der Waals surface area contributed by atoms with Crippen LogP contribution in [0.15, 0.2) is 87.2 Å². The van der Waals surface area contributed by atoms with E-state index in [0.29, 0.717) is 4.80 Å². The molecule has 7 heteroatoms. The van der Waals surface area contributed by atoms with Gasteiger partial charge < -0.3 is 4.42 Å². The van der Waals surface area contributed by atoms with Crippen LogP contribution in [-0.4, -0.2) is 20.9 Å². The lowest BCUT2D eigenvalue weighted by molar-refractivity contribution is 0.575. The van der Waals surface area contributed by atoms with E-state index in [1.807, 2.05) is 47.8 Å². The zero-order valence-corrected chi connectivity index (χ0v) is 13.9. The first kappa shape index (κ1) is 15.2. The molecule has 0 atom stereocenters. The van der Waals surface area contributed by atoms with Crippen molar-refractivity contribution in [3.8, 4) is 11.5 Å². The van der Waals surface area contributed by atoms with Crippen LogP contribution in [-0.2, 0) is 0 Å². The first-order valence-corrected chi connectivity index (χ1v) is 8.43. The van der Waals surface area contributed by atoms with Crippen LogP contribution in [0.3, 0.4) is 0 Å². The van der Waals surface area contributed by atoms with Crippen molar-refractivity contribution >= 4 is 23.2 Å². The Morgan fingerprint density at radius 2 is 2.08 bits per heavy atom. The molecule has 0 N–H and O–H groups in total. The maximum atomic E-state index is 5.52. The normalized spacial score (nSPS) is 12.1. The molecular weight excluding hydrogens is 334 g/mol. The molecule has 0 bridgehead atoms. The van der Waals surface area contributed by atoms with Crippen LogP contribution in [0.2, 0.25) is 0 Å². The number of nitrogens with zero attached hydrogens (tertiary/aromatic N) is 5. The predicted octanol–water partition coefficient (Wildman–Crippen LogP) is 3.71. The molecule has 0 unspecified atom stereocenters. The summed E-state index contributed by atoms with van der Waals surface area (Å²) in [4.78, 5) is 13.7. The molecule has 122 valence electrons. The molecule has 6 nitrogen and oxygen atoms in total. The van der Waals surface area contributed by atoms with Gasteiger partial charge in [0, 0.05) is 17.8 Å². The first-order valence-electron chi connectivity index (χ1n) is 7.55. The number of pyridine rings is 2. The van der Waals surface area contributed by atoms with E-state index in [4.69, 9.17) is 4.42 Å². The number of hydrogen-bond donors (Lipinski definition) is 0. The second kappa shape index (κ2) is 7.06. The molecule has 25 heavy (non-hydrogen) atoms. The molecule has 0 aliphatic carbocycles. The summed E-state index contributed by atoms with van der Waals surface area (Å²) in [5, 5.41) is 6.52. The summed E-state index contributed by atoms with van der Waals surface area (Å²) in [6.07, 6.45) is 8.49. The molecule has 0 amide bonds. The van der Waals surface area contributed by atoms with Crippen molar-refractivity contribution in [2.24, 2.45) is 10.1 Å². The van der Waals surface area contributed by atoms with Crippen molar-refractivity contribution in [1.29, 1.82) is 0 Å². The Hall–Kier alpha value is -3.32. The van der Waals surface area contributed by atoms with Gasteiger partial charge >= 0.3 is 0 Å². The van der Waals surface area contributed by atoms with Crippen molar-refractivity contribution in [2.75, 3.05) is 0 Å². The van der Waals surface area contributed by atoms with Gasteiger partial charge in [-0.25, -0.2) is 9.67 Å². The molecule has 0 fully saturated rings. The van der Waals surface area contributed by atoms with Gasteiger partial charge in [-0.05, 0) is 36.4 Å². The van der Waals surface area contributed by atoms with E-state index >= 15 is 0 Å². The molecule has 0 aliphatic heterocycles. The van der Waals surface area contributed by atoms with Gasteiger partial charge in [0.15, 0.2) is 5.76 Å². The van der Waals surface area contributed by atoms with Gasteiger partial charge in [-0.2, -0.15) is 5.10 Å². The molecule has 4 aromatic heterocycles. The maximum absolute atomic E-state index is 5.52. The van der Waals surface area contributed by atoms with Crippen LogP contribution < -0.4 is 4.80 Å². The number of hydrogen-bond acceptors (Lipinski definition) is 6. The molecular formula is C18H13N5OS. The standard InChI is InChI=1S/C18H13N5OS/c1-2-9-20-14(5-1)12-21-23-16(17-7-4-10-24-17)13-25-18(23)22-15-6-3-8-19-11-15/h1-13H/b21-12-,22-18?. The van der Waals surface area contributed by atoms with E-state index in [-0.39, 0.29) is 0 Å². The smallest absolute Gasteiger partial charge is 0.211 e. The summed E-state index contributed by atoms with van der Waals surface area (Å²) >= 11 is 1.48. The van der Waals surface area contributed by atoms with Crippen LogP contribution in [0.5, 0.6) is 0 Å². The molecule has 4 aromatic rings. The highest BCUT2D eigenvalue weighted by atomic mass is 32.1. The van der Waals surface area contributed by atoms with Crippen LogP contribution in [0.25, 0.3) is 11.5 Å². The average molecular weight is 347 g/mol. The highest BCUT2D eigenvalue weighted by molar-refractivity contribution is 7.07. The van der Waals surface area contributed by atoms with E-state index in [1.54, 1.807) is 35.7 Å². The SMILES string of the molecule is C(=N/n1c(-c2ccco2)csc1=Nc1cccnc1)/c1ccccn1. The quantitative estimate of drug-likeness (QED) is 0.528. The summed E-state index contributed by atoms with van der Waals surface area (Å²) in [6.45, 7) is 0. The lowest BCUT2D eigenvalue weighted by Gasteiger charge is -2.00. The number of thiazole rings is 1. The van der Waals surface area contributed by atoms with Crippen LogP contribution in [0.1, 0.15) is 5.69 Å². The molecule has 0 aromatic carbocycles. The fourth-order valence-corrected chi connectivity index (χ4v) is 3.02. The third kappa shape index (κ3) is 3.46. The fourth-order valence-electron chi connectivity index (χ4n) is 2.18. The van der Waals surface area contributed by atoms with Gasteiger partial charge in [0.2, 0.25) is 4.80 Å². The van der Waals surface area contributed by atoms with Crippen LogP contribution in [0, 0.1) is 0 Å². The zero-order valence-electron chi connectivity index (χ0n) is 13.1. The van der Waals surface area contributed by atoms with Gasteiger partial charge in [0.05, 0.1) is 30.1 Å². The van der Waals surface area contributed by atoms with Gasteiger partial charge in [0.1, 0.15) is 5.69 Å². The van der Waals surface area contributed by atoms with E-state index in [2.05, 4.69) is 20.1 Å². The number of aromatic nitrogens is 3. The maximum Gasteiger partial charge on any atom is 0.211 e. The second-order valence-corrected chi connectivity index (χ2v) is 5.85. The summed E-state index contributed by atoms with van der Waals surface area (Å²) in [7, 11) is 0. The number of furan rings is 1. The molecule has 0 saturated heterocycles. The van der Waals surface area contributed by atoms with Crippen molar-refractivity contribution in [3.63, 3.8) is 0 Å². The van der Waals surface area contributed by atoms with E-state index < -0.39 is 0 Å². The molecule has 0 spiro atoms. The predicted molar refractivity (Wildman–Crippen MR) is 96.7 cm³/mol. The molecule has 0 saturated carbocycles. The van der Waals surface area contributed by atoms with Crippen molar-refractivity contribution < 1.29 is 4.42 Å². The largest absolute Gasteiger partial charge is 0.463 e. The third-order valence-corrected chi connectivity index (χ3v) is 4.14. The van der Waals surface area contributed by atoms with Gasteiger partial charge in [-0.1, -0.05) is 6.07 Å². The third-order valence-electron chi connectivity index (χ3n) is 3.32. The Balaban J connectivity index is 1.83. The Bertz CT molecular complexity index is 1030. The molecule has 0 radical (unpaired) electrons. The lowest BCUT2D eigenvalue weighted by Crippen LogP contribution is -2.11. The summed E-state index contributed by atoms with van der Waals surface area (Å²) in [5.74, 6) is 0.724. The minimum absolute atomic E-state index is 0.714. The molecule has 0 aliphatic rings. The van der Waals surface area contributed by atoms with Crippen molar-refractivity contribution in [1.82, 2.24) is 14.6 Å². The molecule has 4 heterocycles. The van der Waals surface area contributed by atoms with Crippen molar-refractivity contribution in [3.05, 3.63) is 83.2 Å². The van der Waals surface area contributed by atoms with Gasteiger partial charge in [0.25, 0.3) is 0 Å². The Morgan fingerprint density at radius 1 is 1.08 bits per heavy atom. The average Bonchev–Trinajstić information content (AvgIpc) is 3.31. The zero-order chi connectivity index (χ0) is 16.9. The summed E-state index contributed by atoms with van der Waals surface area (Å²) in [6, 6.07) is 13.2.